The van der Waals surface area contributed by atoms with Crippen LogP contribution >= 0.6 is 27.3 Å². The minimum Gasteiger partial charge on any atom is -0.481 e. The maximum atomic E-state index is 12.7. The molecule has 1 aromatic heterocycles. The highest BCUT2D eigenvalue weighted by atomic mass is 79.9. The van der Waals surface area contributed by atoms with Crippen molar-refractivity contribution < 1.29 is 14.7 Å². The van der Waals surface area contributed by atoms with Crippen molar-refractivity contribution in [1.82, 2.24) is 9.88 Å². The van der Waals surface area contributed by atoms with Crippen molar-refractivity contribution in [3.05, 3.63) is 49.9 Å². The summed E-state index contributed by atoms with van der Waals surface area (Å²) < 4.78 is 0.918. The molecule has 0 atom stereocenters. The number of nitrogens with zero attached hydrogens (tertiary/aromatic N) is 2. The summed E-state index contributed by atoms with van der Waals surface area (Å²) in [5.74, 6) is -1.16. The highest BCUT2D eigenvalue weighted by Crippen LogP contribution is 2.20. The summed E-state index contributed by atoms with van der Waals surface area (Å²) in [5, 5.41) is 9.75. The first-order chi connectivity index (χ1) is 10.9. The van der Waals surface area contributed by atoms with E-state index in [4.69, 9.17) is 5.11 Å². The molecule has 1 aromatic carbocycles. The zero-order valence-electron chi connectivity index (χ0n) is 12.9. The number of carbonyl (C=O) groups excluding carboxylic acids is 1. The van der Waals surface area contributed by atoms with Crippen molar-refractivity contribution in [3.63, 3.8) is 0 Å². The van der Waals surface area contributed by atoms with Crippen LogP contribution in [0.15, 0.2) is 28.7 Å². The number of carboxylic acids is 1. The summed E-state index contributed by atoms with van der Waals surface area (Å²) in [6, 6.07) is 7.61. The van der Waals surface area contributed by atoms with E-state index in [0.717, 1.165) is 19.9 Å². The minimum absolute atomic E-state index is 0.0953. The summed E-state index contributed by atoms with van der Waals surface area (Å²) in [5.41, 5.74) is 1.34. The largest absolute Gasteiger partial charge is 0.481 e. The molecule has 1 amide bonds. The van der Waals surface area contributed by atoms with Crippen molar-refractivity contribution in [2.75, 3.05) is 6.54 Å². The molecule has 0 aliphatic heterocycles. The maximum absolute atomic E-state index is 12.7. The topological polar surface area (TPSA) is 70.5 Å². The van der Waals surface area contributed by atoms with Crippen LogP contribution in [0.1, 0.15) is 32.4 Å². The molecule has 0 aliphatic rings. The Morgan fingerprint density at radius 2 is 2.09 bits per heavy atom. The third kappa shape index (κ3) is 4.87. The number of thiazole rings is 1. The second kappa shape index (κ2) is 7.70. The lowest BCUT2D eigenvalue weighted by Crippen LogP contribution is -2.33. The molecule has 0 spiro atoms. The molecule has 2 aromatic rings. The van der Waals surface area contributed by atoms with Crippen molar-refractivity contribution in [3.8, 4) is 0 Å². The van der Waals surface area contributed by atoms with Crippen molar-refractivity contribution >= 4 is 39.1 Å². The van der Waals surface area contributed by atoms with Crippen LogP contribution in [0, 0.1) is 13.8 Å². The van der Waals surface area contributed by atoms with E-state index in [2.05, 4.69) is 20.9 Å². The molecule has 0 bridgehead atoms. The number of carbonyl (C=O) groups is 2. The molecule has 0 saturated carbocycles. The number of hydrogen-bond donors (Lipinski definition) is 1. The van der Waals surface area contributed by atoms with Gasteiger partial charge in [-0.1, -0.05) is 28.1 Å². The van der Waals surface area contributed by atoms with Crippen molar-refractivity contribution in [2.45, 2.75) is 26.8 Å². The third-order valence-corrected chi connectivity index (χ3v) is 4.63. The van der Waals surface area contributed by atoms with Crippen LogP contribution in [0.25, 0.3) is 0 Å². The van der Waals surface area contributed by atoms with E-state index in [1.807, 2.05) is 38.1 Å². The molecule has 0 aliphatic carbocycles. The molecule has 0 unspecified atom stereocenters. The first-order valence-corrected chi connectivity index (χ1v) is 8.67. The zero-order chi connectivity index (χ0) is 17.0. The fraction of sp³-hybridized carbons (Fsp3) is 0.312. The lowest BCUT2D eigenvalue weighted by atomic mass is 10.2. The first kappa shape index (κ1) is 17.6. The molecular weight excluding hydrogens is 380 g/mol. The van der Waals surface area contributed by atoms with Gasteiger partial charge in [0.25, 0.3) is 5.91 Å². The van der Waals surface area contributed by atoms with Crippen LogP contribution in [0.3, 0.4) is 0 Å². The molecule has 0 fully saturated rings. The molecule has 1 N–H and O–H groups in total. The van der Waals surface area contributed by atoms with E-state index in [1.165, 1.54) is 16.2 Å². The molecule has 1 heterocycles. The van der Waals surface area contributed by atoms with Crippen LogP contribution in [0.4, 0.5) is 0 Å². The predicted molar refractivity (Wildman–Crippen MR) is 92.7 cm³/mol. The Balaban J connectivity index is 2.24. The summed E-state index contributed by atoms with van der Waals surface area (Å²) in [6.45, 7) is 4.20. The standard InChI is InChI=1S/C16H17BrN2O3S/c1-10-15(18-11(2)23-10)16(22)19(7-6-14(20)21)9-12-4-3-5-13(17)8-12/h3-5,8H,6-7,9H2,1-2H3,(H,20,21). The van der Waals surface area contributed by atoms with Crippen LogP contribution in [0.5, 0.6) is 0 Å². The van der Waals surface area contributed by atoms with Gasteiger partial charge in [-0.2, -0.15) is 0 Å². The minimum atomic E-state index is -0.928. The Labute approximate surface area is 147 Å². The van der Waals surface area contributed by atoms with E-state index in [0.29, 0.717) is 12.2 Å². The van der Waals surface area contributed by atoms with E-state index in [1.54, 1.807) is 0 Å². The number of rotatable bonds is 6. The van der Waals surface area contributed by atoms with Gasteiger partial charge in [-0.15, -0.1) is 11.3 Å². The van der Waals surface area contributed by atoms with Crippen LogP contribution < -0.4 is 0 Å². The SMILES string of the molecule is Cc1nc(C(=O)N(CCC(=O)O)Cc2cccc(Br)c2)c(C)s1. The molecule has 5 nitrogen and oxygen atoms in total. The van der Waals surface area contributed by atoms with Crippen LogP contribution in [-0.4, -0.2) is 33.4 Å². The number of benzene rings is 1. The van der Waals surface area contributed by atoms with Gasteiger partial charge in [0.05, 0.1) is 11.4 Å². The van der Waals surface area contributed by atoms with Gasteiger partial charge in [0.1, 0.15) is 5.69 Å². The summed E-state index contributed by atoms with van der Waals surface area (Å²) in [7, 11) is 0. The average Bonchev–Trinajstić information content (AvgIpc) is 2.81. The highest BCUT2D eigenvalue weighted by Gasteiger charge is 2.22. The summed E-state index contributed by atoms with van der Waals surface area (Å²) in [4.78, 5) is 30.3. The zero-order valence-corrected chi connectivity index (χ0v) is 15.3. The number of amides is 1. The predicted octanol–water partition coefficient (Wildman–Crippen LogP) is 3.64. The van der Waals surface area contributed by atoms with Gasteiger partial charge in [0.2, 0.25) is 0 Å². The Morgan fingerprint density at radius 3 is 2.65 bits per heavy atom. The number of aryl methyl sites for hydroxylation is 2. The maximum Gasteiger partial charge on any atom is 0.305 e. The molecule has 0 radical (unpaired) electrons. The normalized spacial score (nSPS) is 10.6. The van der Waals surface area contributed by atoms with E-state index < -0.39 is 5.97 Å². The lowest BCUT2D eigenvalue weighted by Gasteiger charge is -2.21. The second-order valence-corrected chi connectivity index (χ2v) is 7.46. The van der Waals surface area contributed by atoms with Gasteiger partial charge in [0, 0.05) is 22.4 Å². The Hall–Kier alpha value is -1.73. The number of hydrogen-bond acceptors (Lipinski definition) is 4. The summed E-state index contributed by atoms with van der Waals surface area (Å²) in [6.07, 6.45) is -0.0953. The van der Waals surface area contributed by atoms with Crippen LogP contribution in [0.2, 0.25) is 0 Å². The lowest BCUT2D eigenvalue weighted by molar-refractivity contribution is -0.137. The molecule has 2 rings (SSSR count). The van der Waals surface area contributed by atoms with E-state index >= 15 is 0 Å². The molecular formula is C16H17BrN2O3S. The Kier molecular flexibility index (Phi) is 5.90. The molecule has 23 heavy (non-hydrogen) atoms. The van der Waals surface area contributed by atoms with Crippen LogP contribution in [-0.2, 0) is 11.3 Å². The third-order valence-electron chi connectivity index (χ3n) is 3.25. The second-order valence-electron chi connectivity index (χ2n) is 5.14. The number of halogens is 1. The van der Waals surface area contributed by atoms with Crippen molar-refractivity contribution in [1.29, 1.82) is 0 Å². The fourth-order valence-corrected chi connectivity index (χ4v) is 3.47. The molecule has 7 heteroatoms. The smallest absolute Gasteiger partial charge is 0.305 e. The van der Waals surface area contributed by atoms with Gasteiger partial charge in [-0.3, -0.25) is 9.59 Å². The van der Waals surface area contributed by atoms with Gasteiger partial charge in [-0.25, -0.2) is 4.98 Å². The monoisotopic (exact) mass is 396 g/mol. The fourth-order valence-electron chi connectivity index (χ4n) is 2.22. The van der Waals surface area contributed by atoms with Gasteiger partial charge >= 0.3 is 5.97 Å². The molecule has 0 saturated heterocycles. The summed E-state index contributed by atoms with van der Waals surface area (Å²) >= 11 is 4.87. The molecule has 122 valence electrons. The number of aliphatic carboxylic acids is 1. The Bertz CT molecular complexity index is 730. The Morgan fingerprint density at radius 1 is 1.35 bits per heavy atom. The van der Waals surface area contributed by atoms with Crippen molar-refractivity contribution in [2.24, 2.45) is 0 Å². The van der Waals surface area contributed by atoms with E-state index in [-0.39, 0.29) is 18.9 Å². The van der Waals surface area contributed by atoms with Gasteiger partial charge in [-0.05, 0) is 31.5 Å². The first-order valence-electron chi connectivity index (χ1n) is 7.06. The highest BCUT2D eigenvalue weighted by molar-refractivity contribution is 9.10. The van der Waals surface area contributed by atoms with E-state index in [9.17, 15) is 9.59 Å². The van der Waals surface area contributed by atoms with Gasteiger partial charge < -0.3 is 10.0 Å². The average molecular weight is 397 g/mol. The quantitative estimate of drug-likeness (QED) is 0.808. The van der Waals surface area contributed by atoms with Gasteiger partial charge in [0.15, 0.2) is 0 Å². The number of aromatic nitrogens is 1. The number of carboxylic acid groups (broad SMARTS) is 1.